The largest absolute Gasteiger partial charge is 0.457 e. The van der Waals surface area contributed by atoms with Crippen molar-refractivity contribution in [2.75, 3.05) is 11.5 Å². The molecule has 2 heterocycles. The van der Waals surface area contributed by atoms with Crippen molar-refractivity contribution >= 4 is 28.8 Å². The summed E-state index contributed by atoms with van der Waals surface area (Å²) >= 11 is 0. The zero-order valence-corrected chi connectivity index (χ0v) is 16.2. The van der Waals surface area contributed by atoms with Gasteiger partial charge in [0.05, 0.1) is 0 Å². The normalized spacial score (nSPS) is 11.0. The van der Waals surface area contributed by atoms with Gasteiger partial charge in [0, 0.05) is 23.0 Å². The van der Waals surface area contributed by atoms with Crippen molar-refractivity contribution in [3.05, 3.63) is 65.5 Å². The van der Waals surface area contributed by atoms with Crippen molar-refractivity contribution in [1.82, 2.24) is 19.9 Å². The summed E-state index contributed by atoms with van der Waals surface area (Å²) < 4.78 is 32.4. The highest BCUT2D eigenvalue weighted by molar-refractivity contribution is 5.91. The lowest BCUT2D eigenvalue weighted by atomic mass is 10.0. The maximum Gasteiger partial charge on any atom is 0.306 e. The number of anilines is 2. The van der Waals surface area contributed by atoms with Gasteiger partial charge in [-0.15, -0.1) is 0 Å². The number of rotatable bonds is 6. The van der Waals surface area contributed by atoms with Crippen LogP contribution in [-0.2, 0) is 22.6 Å². The number of aromatic amines is 1. The second-order valence-electron chi connectivity index (χ2n) is 6.80. The number of nitrogens with two attached hydrogens (primary N) is 2. The molecule has 8 nitrogen and oxygen atoms in total. The molecule has 2 aromatic carbocycles. The zero-order valence-electron chi connectivity index (χ0n) is 16.2. The SMILES string of the molecule is Nc1nc(N)nc(COC(=O)CCc2c(-c3ccc(F)cc3)[nH]c3ccc(F)cc23)n1. The van der Waals surface area contributed by atoms with E-state index in [1.165, 1.54) is 24.3 Å². The summed E-state index contributed by atoms with van der Waals surface area (Å²) in [6.45, 7) is -0.205. The van der Waals surface area contributed by atoms with Gasteiger partial charge in [0.2, 0.25) is 11.9 Å². The fraction of sp³-hybridized carbons (Fsp3) is 0.143. The highest BCUT2D eigenvalue weighted by Gasteiger charge is 2.16. The number of aryl methyl sites for hydroxylation is 1. The molecule has 4 rings (SSSR count). The Labute approximate surface area is 175 Å². The van der Waals surface area contributed by atoms with Gasteiger partial charge in [-0.25, -0.2) is 8.78 Å². The first kappa shape index (κ1) is 20.2. The number of carbonyl (C=O) groups excluding carboxylic acids is 1. The van der Waals surface area contributed by atoms with Crippen molar-refractivity contribution < 1.29 is 18.3 Å². The number of benzene rings is 2. The van der Waals surface area contributed by atoms with E-state index in [0.717, 1.165) is 11.1 Å². The summed E-state index contributed by atoms with van der Waals surface area (Å²) in [6, 6.07) is 10.3. The van der Waals surface area contributed by atoms with Crippen molar-refractivity contribution in [1.29, 1.82) is 0 Å². The number of nitrogen functional groups attached to an aromatic ring is 2. The Hall–Kier alpha value is -4.08. The molecule has 4 aromatic rings. The number of nitrogens with zero attached hydrogens (tertiary/aromatic N) is 3. The number of ether oxygens (including phenoxy) is 1. The summed E-state index contributed by atoms with van der Waals surface area (Å²) in [5, 5.41) is 0.644. The molecule has 0 bridgehead atoms. The molecule has 0 aliphatic carbocycles. The van der Waals surface area contributed by atoms with Gasteiger partial charge in [0.15, 0.2) is 12.4 Å². The van der Waals surface area contributed by atoms with Crippen LogP contribution in [0.25, 0.3) is 22.2 Å². The predicted molar refractivity (Wildman–Crippen MR) is 110 cm³/mol. The number of esters is 1. The number of fused-ring (bicyclic) bond motifs is 1. The monoisotopic (exact) mass is 424 g/mol. The van der Waals surface area contributed by atoms with Crippen LogP contribution < -0.4 is 11.5 Å². The summed E-state index contributed by atoms with van der Waals surface area (Å²) in [5.74, 6) is -1.26. The smallest absolute Gasteiger partial charge is 0.306 e. The molecule has 0 unspecified atom stereocenters. The van der Waals surface area contributed by atoms with Gasteiger partial charge in [-0.3, -0.25) is 4.79 Å². The minimum Gasteiger partial charge on any atom is -0.457 e. The molecule has 158 valence electrons. The Bertz CT molecular complexity index is 1240. The first-order valence-electron chi connectivity index (χ1n) is 9.36. The number of halogens is 2. The van der Waals surface area contributed by atoms with Crippen molar-refractivity contribution in [2.45, 2.75) is 19.4 Å². The molecule has 0 aliphatic heterocycles. The van der Waals surface area contributed by atoms with Crippen LogP contribution in [-0.4, -0.2) is 25.9 Å². The average molecular weight is 424 g/mol. The third-order valence-corrected chi connectivity index (χ3v) is 4.66. The van der Waals surface area contributed by atoms with E-state index in [1.54, 1.807) is 18.2 Å². The quantitative estimate of drug-likeness (QED) is 0.405. The van der Waals surface area contributed by atoms with Crippen LogP contribution in [0.15, 0.2) is 42.5 Å². The molecular weight excluding hydrogens is 406 g/mol. The molecule has 0 spiro atoms. The molecule has 0 atom stereocenters. The number of aromatic nitrogens is 4. The molecule has 31 heavy (non-hydrogen) atoms. The second-order valence-corrected chi connectivity index (χ2v) is 6.80. The molecule has 5 N–H and O–H groups in total. The number of H-pyrrole nitrogens is 1. The van der Waals surface area contributed by atoms with E-state index in [0.29, 0.717) is 16.6 Å². The predicted octanol–water partition coefficient (Wildman–Crippen LogP) is 3.14. The first-order valence-corrected chi connectivity index (χ1v) is 9.36. The summed E-state index contributed by atoms with van der Waals surface area (Å²) in [4.78, 5) is 26.9. The zero-order chi connectivity index (χ0) is 22.0. The van der Waals surface area contributed by atoms with Crippen LogP contribution in [0.5, 0.6) is 0 Å². The average Bonchev–Trinajstić information content (AvgIpc) is 3.08. The highest BCUT2D eigenvalue weighted by Crippen LogP contribution is 2.32. The van der Waals surface area contributed by atoms with E-state index >= 15 is 0 Å². The van der Waals surface area contributed by atoms with Gasteiger partial charge < -0.3 is 21.2 Å². The minimum absolute atomic E-state index is 0.0215. The van der Waals surface area contributed by atoms with Gasteiger partial charge in [-0.1, -0.05) is 0 Å². The number of hydrogen-bond donors (Lipinski definition) is 3. The van der Waals surface area contributed by atoms with Gasteiger partial charge in [-0.2, -0.15) is 15.0 Å². The van der Waals surface area contributed by atoms with Gasteiger partial charge in [-0.05, 0) is 60.0 Å². The lowest BCUT2D eigenvalue weighted by Gasteiger charge is -2.07. The third-order valence-electron chi connectivity index (χ3n) is 4.66. The maximum absolute atomic E-state index is 13.9. The molecule has 0 fully saturated rings. The molecule has 0 saturated heterocycles. The Balaban J connectivity index is 1.54. The maximum atomic E-state index is 13.9. The van der Waals surface area contributed by atoms with E-state index in [2.05, 4.69) is 19.9 Å². The lowest BCUT2D eigenvalue weighted by molar-refractivity contribution is -0.145. The van der Waals surface area contributed by atoms with Gasteiger partial charge in [0.25, 0.3) is 0 Å². The van der Waals surface area contributed by atoms with E-state index in [-0.39, 0.29) is 43.0 Å². The van der Waals surface area contributed by atoms with E-state index < -0.39 is 11.8 Å². The molecule has 0 radical (unpaired) electrons. The standard InChI is InChI=1S/C21H18F2N6O2/c22-12-3-1-11(2-4-12)19-14(15-9-13(23)5-7-16(15)26-19)6-8-18(30)31-10-17-27-20(24)29-21(25)28-17/h1-5,7,9,26H,6,8,10H2,(H4,24,25,27,28,29). The van der Waals surface area contributed by atoms with Crippen molar-refractivity contribution in [2.24, 2.45) is 0 Å². The summed E-state index contributed by atoms with van der Waals surface area (Å²) in [6.07, 6.45) is 0.296. The van der Waals surface area contributed by atoms with E-state index in [9.17, 15) is 13.6 Å². The molecular formula is C21H18F2N6O2. The van der Waals surface area contributed by atoms with Crippen LogP contribution in [0.3, 0.4) is 0 Å². The fourth-order valence-corrected chi connectivity index (χ4v) is 3.31. The fourth-order valence-electron chi connectivity index (χ4n) is 3.31. The summed E-state index contributed by atoms with van der Waals surface area (Å²) in [7, 11) is 0. The Kier molecular flexibility index (Phi) is 5.44. The molecule has 0 aliphatic rings. The minimum atomic E-state index is -0.506. The van der Waals surface area contributed by atoms with Crippen LogP contribution in [0.4, 0.5) is 20.7 Å². The molecule has 0 amide bonds. The number of hydrogen-bond acceptors (Lipinski definition) is 7. The first-order chi connectivity index (χ1) is 14.9. The van der Waals surface area contributed by atoms with E-state index in [1.807, 2.05) is 0 Å². The topological polar surface area (TPSA) is 133 Å². The lowest BCUT2D eigenvalue weighted by Crippen LogP contribution is -2.11. The van der Waals surface area contributed by atoms with Crippen LogP contribution in [0, 0.1) is 11.6 Å². The van der Waals surface area contributed by atoms with Crippen molar-refractivity contribution in [3.8, 4) is 11.3 Å². The third kappa shape index (κ3) is 4.58. The van der Waals surface area contributed by atoms with Gasteiger partial charge in [0.1, 0.15) is 11.6 Å². The molecule has 0 saturated carbocycles. The molecule has 2 aromatic heterocycles. The van der Waals surface area contributed by atoms with Gasteiger partial charge >= 0.3 is 5.97 Å². The van der Waals surface area contributed by atoms with E-state index in [4.69, 9.17) is 16.2 Å². The Morgan fingerprint density at radius 3 is 2.35 bits per heavy atom. The van der Waals surface area contributed by atoms with Crippen molar-refractivity contribution in [3.63, 3.8) is 0 Å². The number of nitrogens with one attached hydrogen (secondary N) is 1. The Morgan fingerprint density at radius 2 is 1.65 bits per heavy atom. The molecule has 10 heteroatoms. The van der Waals surface area contributed by atoms with Crippen LogP contribution >= 0.6 is 0 Å². The Morgan fingerprint density at radius 1 is 0.968 bits per heavy atom. The number of carbonyl (C=O) groups is 1. The highest BCUT2D eigenvalue weighted by atomic mass is 19.1. The summed E-state index contributed by atoms with van der Waals surface area (Å²) in [5.41, 5.74) is 13.8. The van der Waals surface area contributed by atoms with Crippen LogP contribution in [0.2, 0.25) is 0 Å². The second kappa shape index (κ2) is 8.34. The van der Waals surface area contributed by atoms with Crippen LogP contribution in [0.1, 0.15) is 17.8 Å².